The Morgan fingerprint density at radius 1 is 0.941 bits per heavy atom. The first kappa shape index (κ1) is 19.1. The lowest BCUT2D eigenvalue weighted by atomic mass is 10.1. The van der Waals surface area contributed by atoms with Crippen molar-refractivity contribution >= 4 is 10.4 Å². The zero-order chi connectivity index (χ0) is 13.6. The maximum atomic E-state index is 8.74. The highest BCUT2D eigenvalue weighted by atomic mass is 32.3. The molecule has 6 nitrogen and oxygen atoms in total. The van der Waals surface area contributed by atoms with E-state index < -0.39 is 10.4 Å². The van der Waals surface area contributed by atoms with Gasteiger partial charge in [0.1, 0.15) is 0 Å². The summed E-state index contributed by atoms with van der Waals surface area (Å²) >= 11 is 0. The van der Waals surface area contributed by atoms with Gasteiger partial charge in [0, 0.05) is 6.61 Å². The third-order valence-corrected chi connectivity index (χ3v) is 1.88. The van der Waals surface area contributed by atoms with Gasteiger partial charge in [0.05, 0.1) is 13.2 Å². The molecule has 0 saturated carbocycles. The molecule has 0 radical (unpaired) electrons. The van der Waals surface area contributed by atoms with Crippen molar-refractivity contribution in [3.8, 4) is 0 Å². The van der Waals surface area contributed by atoms with Gasteiger partial charge in [-0.2, -0.15) is 8.42 Å². The van der Waals surface area contributed by atoms with E-state index in [0.717, 1.165) is 13.0 Å². The summed E-state index contributed by atoms with van der Waals surface area (Å²) in [6, 6.07) is 0. The molecule has 0 aliphatic heterocycles. The van der Waals surface area contributed by atoms with Crippen LogP contribution in [-0.2, 0) is 15.1 Å². The molecule has 0 atom stereocenters. The Bertz CT molecular complexity index is 209. The maximum Gasteiger partial charge on any atom is 0.394 e. The molecule has 0 rings (SSSR count). The Morgan fingerprint density at radius 2 is 1.41 bits per heavy atom. The van der Waals surface area contributed by atoms with Gasteiger partial charge < -0.3 is 9.84 Å². The average molecular weight is 272 g/mol. The van der Waals surface area contributed by atoms with Crippen LogP contribution in [0.5, 0.6) is 0 Å². The van der Waals surface area contributed by atoms with Crippen LogP contribution in [0.4, 0.5) is 0 Å². The minimum atomic E-state index is -4.67. The normalized spacial score (nSPS) is 10.8. The fraction of sp³-hybridized carbons (Fsp3) is 1.00. The molecule has 0 spiro atoms. The van der Waals surface area contributed by atoms with Crippen molar-refractivity contribution in [3.05, 3.63) is 0 Å². The summed E-state index contributed by atoms with van der Waals surface area (Å²) < 4.78 is 36.7. The summed E-state index contributed by atoms with van der Waals surface area (Å²) in [4.78, 5) is 0. The van der Waals surface area contributed by atoms with Gasteiger partial charge in [-0.05, 0) is 6.42 Å². The number of rotatable bonds is 9. The lowest BCUT2D eigenvalue weighted by Crippen LogP contribution is -2.00. The number of aliphatic hydroxyl groups excluding tert-OH is 1. The summed E-state index contributed by atoms with van der Waals surface area (Å²) in [5.41, 5.74) is 0. The van der Waals surface area contributed by atoms with Crippen molar-refractivity contribution in [3.63, 3.8) is 0 Å². The van der Waals surface area contributed by atoms with E-state index in [9.17, 15) is 0 Å². The molecule has 0 aromatic carbocycles. The molecule has 0 fully saturated rings. The second-order valence-corrected chi connectivity index (χ2v) is 4.45. The van der Waals surface area contributed by atoms with E-state index in [1.165, 1.54) is 32.1 Å². The van der Waals surface area contributed by atoms with Crippen LogP contribution in [-0.4, -0.2) is 42.5 Å². The molecular weight excluding hydrogens is 248 g/mol. The van der Waals surface area contributed by atoms with Crippen molar-refractivity contribution in [1.82, 2.24) is 0 Å². The minimum absolute atomic E-state index is 0.149. The Balaban J connectivity index is 0. The van der Waals surface area contributed by atoms with Crippen molar-refractivity contribution in [2.24, 2.45) is 0 Å². The van der Waals surface area contributed by atoms with Crippen molar-refractivity contribution in [2.45, 2.75) is 45.4 Å². The Labute approximate surface area is 104 Å². The predicted molar refractivity (Wildman–Crippen MR) is 65.5 cm³/mol. The fourth-order valence-corrected chi connectivity index (χ4v) is 1.15. The standard InChI is InChI=1S/C10H22O2.H2O4S/c1-2-3-4-5-6-7-9-12-10-8-11;1-5(2,3)4/h11H,2-10H2,1H3;(H2,1,2,3,4). The second kappa shape index (κ2) is 13.9. The van der Waals surface area contributed by atoms with Gasteiger partial charge in [0.2, 0.25) is 0 Å². The third kappa shape index (κ3) is 38.9. The molecular formula is C10H24O6S. The van der Waals surface area contributed by atoms with Gasteiger partial charge in [-0.1, -0.05) is 39.0 Å². The molecule has 0 aliphatic rings. The van der Waals surface area contributed by atoms with Gasteiger partial charge in [0.15, 0.2) is 0 Å². The van der Waals surface area contributed by atoms with Crippen LogP contribution in [0.1, 0.15) is 45.4 Å². The highest BCUT2D eigenvalue weighted by Crippen LogP contribution is 2.04. The smallest absolute Gasteiger partial charge is 0.394 e. The molecule has 0 bridgehead atoms. The van der Waals surface area contributed by atoms with E-state index >= 15 is 0 Å². The molecule has 0 aromatic heterocycles. The predicted octanol–water partition coefficient (Wildman–Crippen LogP) is 1.70. The summed E-state index contributed by atoms with van der Waals surface area (Å²) in [5, 5.41) is 8.41. The first-order valence-corrected chi connectivity index (χ1v) is 7.20. The number of unbranched alkanes of at least 4 members (excludes halogenated alkanes) is 5. The molecule has 0 saturated heterocycles. The maximum absolute atomic E-state index is 8.74. The monoisotopic (exact) mass is 272 g/mol. The van der Waals surface area contributed by atoms with E-state index in [2.05, 4.69) is 6.92 Å². The average Bonchev–Trinajstić information content (AvgIpc) is 2.20. The van der Waals surface area contributed by atoms with Crippen LogP contribution < -0.4 is 0 Å². The first-order chi connectivity index (χ1) is 7.91. The molecule has 0 heterocycles. The van der Waals surface area contributed by atoms with Crippen molar-refractivity contribution in [2.75, 3.05) is 19.8 Å². The topological polar surface area (TPSA) is 104 Å². The van der Waals surface area contributed by atoms with Crippen LogP contribution in [0.2, 0.25) is 0 Å². The molecule has 0 aromatic rings. The number of aliphatic hydroxyl groups is 1. The van der Waals surface area contributed by atoms with Crippen molar-refractivity contribution in [1.29, 1.82) is 0 Å². The zero-order valence-electron chi connectivity index (χ0n) is 10.3. The Morgan fingerprint density at radius 3 is 1.88 bits per heavy atom. The third-order valence-electron chi connectivity index (χ3n) is 1.88. The van der Waals surface area contributed by atoms with Crippen LogP contribution in [0, 0.1) is 0 Å². The van der Waals surface area contributed by atoms with Crippen LogP contribution >= 0.6 is 0 Å². The van der Waals surface area contributed by atoms with Crippen molar-refractivity contribution < 1.29 is 27.4 Å². The molecule has 0 aliphatic carbocycles. The van der Waals surface area contributed by atoms with E-state index in [4.69, 9.17) is 27.4 Å². The highest BCUT2D eigenvalue weighted by Gasteiger charge is 1.89. The first-order valence-electron chi connectivity index (χ1n) is 5.80. The van der Waals surface area contributed by atoms with Gasteiger partial charge in [-0.3, -0.25) is 9.11 Å². The molecule has 0 amide bonds. The summed E-state index contributed by atoms with van der Waals surface area (Å²) in [6.07, 6.45) is 7.76. The number of ether oxygens (including phenoxy) is 1. The van der Waals surface area contributed by atoms with E-state index in [-0.39, 0.29) is 6.61 Å². The molecule has 0 unspecified atom stereocenters. The summed E-state index contributed by atoms with van der Waals surface area (Å²) in [7, 11) is -4.67. The van der Waals surface area contributed by atoms with Gasteiger partial charge in [-0.15, -0.1) is 0 Å². The largest absolute Gasteiger partial charge is 0.394 e. The molecule has 106 valence electrons. The molecule has 7 heteroatoms. The van der Waals surface area contributed by atoms with Crippen LogP contribution in [0.25, 0.3) is 0 Å². The van der Waals surface area contributed by atoms with Crippen LogP contribution in [0.15, 0.2) is 0 Å². The Hall–Kier alpha value is -0.210. The van der Waals surface area contributed by atoms with Crippen LogP contribution in [0.3, 0.4) is 0 Å². The van der Waals surface area contributed by atoms with E-state index in [0.29, 0.717) is 6.61 Å². The number of hydrogen-bond donors (Lipinski definition) is 3. The lowest BCUT2D eigenvalue weighted by Gasteiger charge is -2.01. The van der Waals surface area contributed by atoms with Gasteiger partial charge in [-0.25, -0.2) is 0 Å². The second-order valence-electron chi connectivity index (χ2n) is 3.55. The SMILES string of the molecule is CCCCCCCCOCCO.O=S(=O)(O)O. The fourth-order valence-electron chi connectivity index (χ4n) is 1.15. The zero-order valence-corrected chi connectivity index (χ0v) is 11.2. The molecule has 17 heavy (non-hydrogen) atoms. The lowest BCUT2D eigenvalue weighted by molar-refractivity contribution is 0.0895. The summed E-state index contributed by atoms with van der Waals surface area (Å²) in [5.74, 6) is 0. The van der Waals surface area contributed by atoms with Gasteiger partial charge >= 0.3 is 10.4 Å². The highest BCUT2D eigenvalue weighted by molar-refractivity contribution is 7.79. The number of hydrogen-bond acceptors (Lipinski definition) is 4. The Kier molecular flexibility index (Phi) is 15.6. The van der Waals surface area contributed by atoms with E-state index in [1.54, 1.807) is 0 Å². The van der Waals surface area contributed by atoms with E-state index in [1.807, 2.05) is 0 Å². The quantitative estimate of drug-likeness (QED) is 0.436. The van der Waals surface area contributed by atoms with Gasteiger partial charge in [0.25, 0.3) is 0 Å². The minimum Gasteiger partial charge on any atom is -0.394 e. The summed E-state index contributed by atoms with van der Waals surface area (Å²) in [6.45, 7) is 3.68. The molecule has 3 N–H and O–H groups in total.